The van der Waals surface area contributed by atoms with E-state index >= 15 is 0 Å². The van der Waals surface area contributed by atoms with Crippen LogP contribution in [0.3, 0.4) is 0 Å². The van der Waals surface area contributed by atoms with Crippen LogP contribution >= 0.6 is 0 Å². The summed E-state index contributed by atoms with van der Waals surface area (Å²) >= 11 is 0. The second-order valence-electron chi connectivity index (χ2n) is 3.43. The molecule has 0 aliphatic carbocycles. The fourth-order valence-electron chi connectivity index (χ4n) is 1.35. The van der Waals surface area contributed by atoms with E-state index in [2.05, 4.69) is 5.32 Å². The normalized spacial score (nSPS) is 9.76. The molecule has 5 nitrogen and oxygen atoms in total. The lowest BCUT2D eigenvalue weighted by molar-refractivity contribution is -0.142. The molecule has 0 atom stereocenters. The summed E-state index contributed by atoms with van der Waals surface area (Å²) < 4.78 is 9.91. The summed E-state index contributed by atoms with van der Waals surface area (Å²) in [5, 5.41) is 3.07. The van der Waals surface area contributed by atoms with Gasteiger partial charge in [-0.2, -0.15) is 0 Å². The van der Waals surface area contributed by atoms with Gasteiger partial charge in [0.2, 0.25) is 0 Å². The first-order valence-corrected chi connectivity index (χ1v) is 5.50. The minimum Gasteiger partial charge on any atom is -0.497 e. The Morgan fingerprint density at radius 2 is 2.24 bits per heavy atom. The summed E-state index contributed by atoms with van der Waals surface area (Å²) in [5.74, 6) is 0.499. The largest absolute Gasteiger partial charge is 0.497 e. The zero-order valence-corrected chi connectivity index (χ0v) is 10.2. The van der Waals surface area contributed by atoms with Gasteiger partial charge in [-0.25, -0.2) is 0 Å². The van der Waals surface area contributed by atoms with E-state index in [-0.39, 0.29) is 5.97 Å². The van der Waals surface area contributed by atoms with Crippen LogP contribution in [0.1, 0.15) is 13.3 Å². The lowest BCUT2D eigenvalue weighted by Crippen LogP contribution is -2.12. The number of carbonyl (C=O) groups is 1. The molecular formula is C12H18N2O3. The molecule has 3 N–H and O–H groups in total. The van der Waals surface area contributed by atoms with Gasteiger partial charge in [0.25, 0.3) is 0 Å². The molecule has 0 amide bonds. The smallest absolute Gasteiger partial charge is 0.307 e. The number of esters is 1. The Morgan fingerprint density at radius 1 is 1.47 bits per heavy atom. The van der Waals surface area contributed by atoms with Gasteiger partial charge in [-0.1, -0.05) is 0 Å². The van der Waals surface area contributed by atoms with Crippen molar-refractivity contribution in [3.63, 3.8) is 0 Å². The first kappa shape index (κ1) is 13.2. The molecule has 0 unspecified atom stereocenters. The van der Waals surface area contributed by atoms with Crippen molar-refractivity contribution in [3.05, 3.63) is 18.2 Å². The van der Waals surface area contributed by atoms with Crippen molar-refractivity contribution in [1.29, 1.82) is 0 Å². The number of nitrogens with one attached hydrogen (secondary N) is 1. The maximum Gasteiger partial charge on any atom is 0.307 e. The van der Waals surface area contributed by atoms with E-state index in [1.54, 1.807) is 32.2 Å². The number of nitrogens with two attached hydrogens (primary N) is 1. The van der Waals surface area contributed by atoms with E-state index in [0.717, 1.165) is 11.4 Å². The van der Waals surface area contributed by atoms with Crippen molar-refractivity contribution < 1.29 is 14.3 Å². The molecule has 0 saturated carbocycles. The number of hydrogen-bond donors (Lipinski definition) is 2. The van der Waals surface area contributed by atoms with E-state index in [0.29, 0.717) is 25.3 Å². The van der Waals surface area contributed by atoms with Gasteiger partial charge in [0.05, 0.1) is 31.5 Å². The Hall–Kier alpha value is -1.91. The molecule has 0 saturated heterocycles. The van der Waals surface area contributed by atoms with Crippen molar-refractivity contribution in [2.24, 2.45) is 0 Å². The summed E-state index contributed by atoms with van der Waals surface area (Å²) in [6.07, 6.45) is 0.310. The lowest BCUT2D eigenvalue weighted by atomic mass is 10.2. The summed E-state index contributed by atoms with van der Waals surface area (Å²) in [7, 11) is 1.59. The zero-order chi connectivity index (χ0) is 12.7. The van der Waals surface area contributed by atoms with Crippen molar-refractivity contribution in [3.8, 4) is 5.75 Å². The molecule has 94 valence electrons. The number of anilines is 2. The Balaban J connectivity index is 2.48. The predicted octanol–water partition coefficient (Wildman–Crippen LogP) is 1.64. The van der Waals surface area contributed by atoms with Crippen molar-refractivity contribution in [2.45, 2.75) is 13.3 Å². The highest BCUT2D eigenvalue weighted by atomic mass is 16.5. The van der Waals surface area contributed by atoms with Crippen LogP contribution in [0.4, 0.5) is 11.4 Å². The minimum atomic E-state index is -0.221. The second-order valence-corrected chi connectivity index (χ2v) is 3.43. The number of hydrogen-bond acceptors (Lipinski definition) is 5. The van der Waals surface area contributed by atoms with Crippen LogP contribution in [-0.4, -0.2) is 26.2 Å². The standard InChI is InChI=1S/C12H18N2O3/c1-3-17-12(15)6-7-14-11-8-9(16-2)4-5-10(11)13/h4-5,8,14H,3,6-7,13H2,1-2H3. The number of rotatable bonds is 6. The molecular weight excluding hydrogens is 220 g/mol. The first-order chi connectivity index (χ1) is 8.17. The van der Waals surface area contributed by atoms with E-state index in [1.807, 2.05) is 0 Å². The maximum absolute atomic E-state index is 11.1. The zero-order valence-electron chi connectivity index (χ0n) is 10.2. The third kappa shape index (κ3) is 4.22. The van der Waals surface area contributed by atoms with Crippen LogP contribution < -0.4 is 15.8 Å². The van der Waals surface area contributed by atoms with Gasteiger partial charge < -0.3 is 20.5 Å². The molecule has 0 spiro atoms. The highest BCUT2D eigenvalue weighted by molar-refractivity contribution is 5.72. The Labute approximate surface area is 101 Å². The van der Waals surface area contributed by atoms with Gasteiger partial charge in [-0.05, 0) is 19.1 Å². The molecule has 1 aromatic rings. The molecule has 0 radical (unpaired) electrons. The van der Waals surface area contributed by atoms with Gasteiger partial charge in [0.15, 0.2) is 0 Å². The van der Waals surface area contributed by atoms with Gasteiger partial charge in [0.1, 0.15) is 5.75 Å². The summed E-state index contributed by atoms with van der Waals surface area (Å²) in [6, 6.07) is 5.33. The van der Waals surface area contributed by atoms with Gasteiger partial charge in [0, 0.05) is 12.6 Å². The van der Waals surface area contributed by atoms with E-state index < -0.39 is 0 Å². The highest BCUT2D eigenvalue weighted by Gasteiger charge is 2.04. The SMILES string of the molecule is CCOC(=O)CCNc1cc(OC)ccc1N. The Kier molecular flexibility index (Phi) is 5.13. The molecule has 0 aromatic heterocycles. The molecule has 1 aromatic carbocycles. The quantitative estimate of drug-likeness (QED) is 0.582. The first-order valence-electron chi connectivity index (χ1n) is 5.50. The number of ether oxygens (including phenoxy) is 2. The van der Waals surface area contributed by atoms with Gasteiger partial charge >= 0.3 is 5.97 Å². The van der Waals surface area contributed by atoms with Crippen molar-refractivity contribution in [2.75, 3.05) is 31.3 Å². The molecule has 0 bridgehead atoms. The minimum absolute atomic E-state index is 0.221. The van der Waals surface area contributed by atoms with Crippen LogP contribution in [0.5, 0.6) is 5.75 Å². The van der Waals surface area contributed by atoms with E-state index in [9.17, 15) is 4.79 Å². The highest BCUT2D eigenvalue weighted by Crippen LogP contribution is 2.24. The maximum atomic E-state index is 11.1. The monoisotopic (exact) mass is 238 g/mol. The van der Waals surface area contributed by atoms with Crippen LogP contribution in [0.15, 0.2) is 18.2 Å². The van der Waals surface area contributed by atoms with Crippen LogP contribution in [0.2, 0.25) is 0 Å². The van der Waals surface area contributed by atoms with E-state index in [1.165, 1.54) is 0 Å². The number of benzene rings is 1. The third-order valence-corrected chi connectivity index (χ3v) is 2.21. The Morgan fingerprint density at radius 3 is 2.88 bits per heavy atom. The van der Waals surface area contributed by atoms with Crippen molar-refractivity contribution in [1.82, 2.24) is 0 Å². The molecule has 0 aliphatic rings. The number of methoxy groups -OCH3 is 1. The number of nitrogen functional groups attached to an aromatic ring is 1. The molecule has 1 rings (SSSR count). The summed E-state index contributed by atoms with van der Waals surface area (Å²) in [4.78, 5) is 11.1. The van der Waals surface area contributed by atoms with Crippen LogP contribution in [0, 0.1) is 0 Å². The molecule has 0 heterocycles. The summed E-state index contributed by atoms with van der Waals surface area (Å²) in [6.45, 7) is 2.67. The fourth-order valence-corrected chi connectivity index (χ4v) is 1.35. The van der Waals surface area contributed by atoms with Crippen LogP contribution in [0.25, 0.3) is 0 Å². The van der Waals surface area contributed by atoms with E-state index in [4.69, 9.17) is 15.2 Å². The molecule has 17 heavy (non-hydrogen) atoms. The third-order valence-electron chi connectivity index (χ3n) is 2.21. The predicted molar refractivity (Wildman–Crippen MR) is 67.1 cm³/mol. The molecule has 0 fully saturated rings. The van der Waals surface area contributed by atoms with Crippen molar-refractivity contribution >= 4 is 17.3 Å². The Bertz CT molecular complexity index is 380. The molecule has 0 aliphatic heterocycles. The average molecular weight is 238 g/mol. The summed E-state index contributed by atoms with van der Waals surface area (Å²) in [5.41, 5.74) is 7.16. The van der Waals surface area contributed by atoms with Gasteiger partial charge in [-0.15, -0.1) is 0 Å². The second kappa shape index (κ2) is 6.62. The fraction of sp³-hybridized carbons (Fsp3) is 0.417. The average Bonchev–Trinajstić information content (AvgIpc) is 2.32. The topological polar surface area (TPSA) is 73.6 Å². The number of carbonyl (C=O) groups excluding carboxylic acids is 1. The molecule has 5 heteroatoms. The van der Waals surface area contributed by atoms with Gasteiger partial charge in [-0.3, -0.25) is 4.79 Å². The van der Waals surface area contributed by atoms with Crippen LogP contribution in [-0.2, 0) is 9.53 Å². The lowest BCUT2D eigenvalue weighted by Gasteiger charge is -2.10.